The molecule has 0 aliphatic carbocycles. The van der Waals surface area contributed by atoms with Crippen molar-refractivity contribution in [3.8, 4) is 0 Å². The summed E-state index contributed by atoms with van der Waals surface area (Å²) in [5, 5.41) is 3.04. The van der Waals surface area contributed by atoms with E-state index in [-0.39, 0.29) is 24.5 Å². The van der Waals surface area contributed by atoms with Crippen LogP contribution in [0, 0.1) is 5.92 Å². The third-order valence-electron chi connectivity index (χ3n) is 6.13. The average molecular weight is 583 g/mol. The van der Waals surface area contributed by atoms with E-state index < -0.39 is 12.0 Å². The van der Waals surface area contributed by atoms with Crippen LogP contribution in [0.15, 0.2) is 91.0 Å². The molecule has 0 unspecified atom stereocenters. The SMILES string of the molecule is CSCC[C@H](N)CSSC[C@H](Cc1ccccc1)C(=O)N[C@@H](Cc1ccccc1)C(=O)OCc1ccccc1. The summed E-state index contributed by atoms with van der Waals surface area (Å²) in [4.78, 5) is 26.8. The number of thioether (sulfide) groups is 1. The summed E-state index contributed by atoms with van der Waals surface area (Å²) in [6, 6.07) is 28.6. The highest BCUT2D eigenvalue weighted by Crippen LogP contribution is 2.27. The molecule has 0 aliphatic rings. The van der Waals surface area contributed by atoms with Gasteiger partial charge in [0.15, 0.2) is 0 Å². The van der Waals surface area contributed by atoms with Crippen LogP contribution in [0.3, 0.4) is 0 Å². The molecule has 3 rings (SSSR count). The zero-order valence-electron chi connectivity index (χ0n) is 22.4. The standard InChI is InChI=1S/C31H38N2O3S3/c1-37-18-17-28(32)23-39-38-22-27(19-24-11-5-2-6-12-24)30(34)33-29(20-25-13-7-3-8-14-25)31(35)36-21-26-15-9-4-10-16-26/h2-16,27-29H,17-23,32H2,1H3,(H,33,34)/t27-,28-,29-/m0/s1. The quantitative estimate of drug-likeness (QED) is 0.119. The molecule has 0 radical (unpaired) electrons. The highest BCUT2D eigenvalue weighted by atomic mass is 33.1. The predicted molar refractivity (Wildman–Crippen MR) is 168 cm³/mol. The highest BCUT2D eigenvalue weighted by molar-refractivity contribution is 8.76. The summed E-state index contributed by atoms with van der Waals surface area (Å²) in [5.41, 5.74) is 9.18. The molecule has 8 heteroatoms. The lowest BCUT2D eigenvalue weighted by atomic mass is 9.99. The molecule has 3 atom stereocenters. The van der Waals surface area contributed by atoms with Crippen molar-refractivity contribution in [1.82, 2.24) is 5.32 Å². The molecular formula is C31H38N2O3S3. The predicted octanol–water partition coefficient (Wildman–Crippen LogP) is 5.78. The van der Waals surface area contributed by atoms with Crippen molar-refractivity contribution in [3.63, 3.8) is 0 Å². The molecule has 0 saturated heterocycles. The first-order valence-electron chi connectivity index (χ1n) is 13.1. The first-order valence-corrected chi connectivity index (χ1v) is 17.0. The van der Waals surface area contributed by atoms with Gasteiger partial charge in [-0.25, -0.2) is 4.79 Å². The zero-order chi connectivity index (χ0) is 27.7. The van der Waals surface area contributed by atoms with E-state index in [0.717, 1.165) is 34.6 Å². The van der Waals surface area contributed by atoms with E-state index in [0.29, 0.717) is 18.6 Å². The average Bonchev–Trinajstić information content (AvgIpc) is 2.97. The lowest BCUT2D eigenvalue weighted by molar-refractivity contribution is -0.149. The summed E-state index contributed by atoms with van der Waals surface area (Å²) in [7, 11) is 3.38. The molecule has 39 heavy (non-hydrogen) atoms. The van der Waals surface area contributed by atoms with Gasteiger partial charge >= 0.3 is 5.97 Å². The third kappa shape index (κ3) is 12.1. The molecule has 0 saturated carbocycles. The molecule has 3 aromatic carbocycles. The Morgan fingerprint density at radius 2 is 1.33 bits per heavy atom. The van der Waals surface area contributed by atoms with Crippen LogP contribution in [0.2, 0.25) is 0 Å². The van der Waals surface area contributed by atoms with Crippen LogP contribution in [-0.2, 0) is 33.8 Å². The maximum atomic E-state index is 13.6. The van der Waals surface area contributed by atoms with E-state index in [1.165, 1.54) is 0 Å². The molecule has 0 heterocycles. The Hall–Kier alpha value is -2.39. The number of nitrogens with one attached hydrogen (secondary N) is 1. The number of benzene rings is 3. The van der Waals surface area contributed by atoms with Gasteiger partial charge in [-0.2, -0.15) is 11.8 Å². The second-order valence-electron chi connectivity index (χ2n) is 9.34. The number of ether oxygens (including phenoxy) is 1. The fraction of sp³-hybridized carbons (Fsp3) is 0.355. The van der Waals surface area contributed by atoms with Gasteiger partial charge in [-0.15, -0.1) is 0 Å². The smallest absolute Gasteiger partial charge is 0.329 e. The summed E-state index contributed by atoms with van der Waals surface area (Å²) in [5.74, 6) is 1.64. The Morgan fingerprint density at radius 1 is 0.795 bits per heavy atom. The molecule has 5 nitrogen and oxygen atoms in total. The fourth-order valence-corrected chi connectivity index (χ4v) is 7.01. The molecule has 0 spiro atoms. The Labute approximate surface area is 244 Å². The minimum atomic E-state index is -0.778. The maximum Gasteiger partial charge on any atom is 0.329 e. The zero-order valence-corrected chi connectivity index (χ0v) is 24.8. The van der Waals surface area contributed by atoms with Crippen LogP contribution >= 0.6 is 33.3 Å². The van der Waals surface area contributed by atoms with Crippen molar-refractivity contribution in [2.24, 2.45) is 11.7 Å². The normalized spacial score (nSPS) is 13.3. The number of hydrogen-bond acceptors (Lipinski definition) is 7. The summed E-state index contributed by atoms with van der Waals surface area (Å²) < 4.78 is 5.64. The van der Waals surface area contributed by atoms with Gasteiger partial charge < -0.3 is 15.8 Å². The van der Waals surface area contributed by atoms with Crippen molar-refractivity contribution in [3.05, 3.63) is 108 Å². The highest BCUT2D eigenvalue weighted by Gasteiger charge is 2.27. The van der Waals surface area contributed by atoms with Gasteiger partial charge in [0, 0.05) is 24.0 Å². The number of esters is 1. The molecule has 1 amide bonds. The summed E-state index contributed by atoms with van der Waals surface area (Å²) in [6.07, 6.45) is 4.03. The topological polar surface area (TPSA) is 81.4 Å². The summed E-state index contributed by atoms with van der Waals surface area (Å²) >= 11 is 1.80. The van der Waals surface area contributed by atoms with Crippen LogP contribution in [0.4, 0.5) is 0 Å². The van der Waals surface area contributed by atoms with Crippen molar-refractivity contribution in [1.29, 1.82) is 0 Å². The van der Waals surface area contributed by atoms with Crippen molar-refractivity contribution < 1.29 is 14.3 Å². The largest absolute Gasteiger partial charge is 0.459 e. The molecule has 0 aliphatic heterocycles. The minimum absolute atomic E-state index is 0.142. The van der Waals surface area contributed by atoms with E-state index in [4.69, 9.17) is 10.5 Å². The Bertz CT molecular complexity index is 1100. The minimum Gasteiger partial charge on any atom is -0.459 e. The molecule has 0 aromatic heterocycles. The van der Waals surface area contributed by atoms with Crippen molar-refractivity contribution in [2.75, 3.05) is 23.5 Å². The molecule has 0 fully saturated rings. The maximum absolute atomic E-state index is 13.6. The number of amides is 1. The lowest BCUT2D eigenvalue weighted by Gasteiger charge is -2.22. The van der Waals surface area contributed by atoms with Gasteiger partial charge in [-0.1, -0.05) is 113 Å². The van der Waals surface area contributed by atoms with Crippen LogP contribution in [0.25, 0.3) is 0 Å². The van der Waals surface area contributed by atoms with Gasteiger partial charge in [0.2, 0.25) is 5.91 Å². The Balaban J connectivity index is 1.66. The summed E-state index contributed by atoms with van der Waals surface area (Å²) in [6.45, 7) is 0.164. The Kier molecular flexibility index (Phi) is 14.4. The first-order chi connectivity index (χ1) is 19.0. The second kappa shape index (κ2) is 18.1. The third-order valence-corrected chi connectivity index (χ3v) is 9.36. The van der Waals surface area contributed by atoms with E-state index in [1.807, 2.05) is 91.0 Å². The van der Waals surface area contributed by atoms with Gasteiger partial charge in [0.05, 0.1) is 5.92 Å². The van der Waals surface area contributed by atoms with Gasteiger partial charge in [0.25, 0.3) is 0 Å². The van der Waals surface area contributed by atoms with E-state index in [9.17, 15) is 9.59 Å². The number of nitrogens with two attached hydrogens (primary N) is 1. The van der Waals surface area contributed by atoms with Crippen LogP contribution in [0.1, 0.15) is 23.1 Å². The van der Waals surface area contributed by atoms with Gasteiger partial charge in [-0.05, 0) is 41.5 Å². The molecular weight excluding hydrogens is 545 g/mol. The molecule has 3 N–H and O–H groups in total. The van der Waals surface area contributed by atoms with Crippen molar-refractivity contribution >= 4 is 45.2 Å². The lowest BCUT2D eigenvalue weighted by Crippen LogP contribution is -2.46. The fourth-order valence-electron chi connectivity index (χ4n) is 3.91. The monoisotopic (exact) mass is 582 g/mol. The van der Waals surface area contributed by atoms with E-state index in [2.05, 4.69) is 11.6 Å². The molecule has 0 bridgehead atoms. The molecule has 208 valence electrons. The van der Waals surface area contributed by atoms with E-state index >= 15 is 0 Å². The van der Waals surface area contributed by atoms with Crippen LogP contribution in [-0.4, -0.2) is 47.5 Å². The number of hydrogen-bond donors (Lipinski definition) is 2. The van der Waals surface area contributed by atoms with Gasteiger partial charge in [0.1, 0.15) is 12.6 Å². The second-order valence-corrected chi connectivity index (χ2v) is 12.9. The number of carbonyl (C=O) groups is 2. The first kappa shape index (κ1) is 31.1. The Morgan fingerprint density at radius 3 is 1.92 bits per heavy atom. The van der Waals surface area contributed by atoms with Crippen LogP contribution in [0.5, 0.6) is 0 Å². The van der Waals surface area contributed by atoms with E-state index in [1.54, 1.807) is 33.3 Å². The number of carbonyl (C=O) groups excluding carboxylic acids is 2. The molecule has 3 aromatic rings. The van der Waals surface area contributed by atoms with Gasteiger partial charge in [-0.3, -0.25) is 4.79 Å². The van der Waals surface area contributed by atoms with Crippen LogP contribution < -0.4 is 11.1 Å². The van der Waals surface area contributed by atoms with Crippen molar-refractivity contribution in [2.45, 2.75) is 38.0 Å². The number of rotatable bonds is 17.